The fraction of sp³-hybridized carbons (Fsp3) is 0.769. The zero-order valence-corrected chi connectivity index (χ0v) is 11.2. The van der Waals surface area contributed by atoms with Crippen LogP contribution in [-0.2, 0) is 0 Å². The van der Waals surface area contributed by atoms with Crippen LogP contribution in [0.25, 0.3) is 0 Å². The quantitative estimate of drug-likeness (QED) is 0.870. The van der Waals surface area contributed by atoms with E-state index < -0.39 is 0 Å². The third kappa shape index (κ3) is 2.87. The lowest BCUT2D eigenvalue weighted by Crippen LogP contribution is -2.29. The van der Waals surface area contributed by atoms with E-state index in [0.29, 0.717) is 6.04 Å². The average molecular weight is 251 g/mol. The van der Waals surface area contributed by atoms with Crippen LogP contribution in [-0.4, -0.2) is 35.6 Å². The Kier molecular flexibility index (Phi) is 3.45. The molecule has 2 fully saturated rings. The normalized spacial score (nSPS) is 27.5. The van der Waals surface area contributed by atoms with Gasteiger partial charge in [-0.3, -0.25) is 4.90 Å². The highest BCUT2D eigenvalue weighted by Gasteiger charge is 2.29. The molecule has 1 saturated carbocycles. The molecule has 1 aliphatic carbocycles. The van der Waals surface area contributed by atoms with Crippen molar-refractivity contribution in [3.63, 3.8) is 0 Å². The van der Waals surface area contributed by atoms with Crippen molar-refractivity contribution in [3.05, 3.63) is 16.6 Å². The second kappa shape index (κ2) is 5.04. The molecule has 2 unspecified atom stereocenters. The summed E-state index contributed by atoms with van der Waals surface area (Å²) in [5, 5.41) is 7.00. The second-order valence-electron chi connectivity index (χ2n) is 5.38. The Morgan fingerprint density at radius 1 is 1.53 bits per heavy atom. The maximum Gasteiger partial charge on any atom is 0.109 e. The third-order valence-corrected chi connectivity index (χ3v) is 4.89. The maximum absolute atomic E-state index is 4.43. The zero-order chi connectivity index (χ0) is 11.7. The van der Waals surface area contributed by atoms with Gasteiger partial charge in [0.1, 0.15) is 5.01 Å². The standard InChI is InChI=1S/C13H21N3S/c1-10(13-14-5-7-17-13)16-6-4-11(9-16)8-15-12-2-3-12/h5,7,10-12,15H,2-4,6,8-9H2,1H3. The molecule has 2 heterocycles. The first-order valence-electron chi connectivity index (χ1n) is 6.70. The summed E-state index contributed by atoms with van der Waals surface area (Å²) in [7, 11) is 0. The molecule has 0 spiro atoms. The SMILES string of the molecule is CC(c1nccs1)N1CCC(CNC2CC2)C1. The fourth-order valence-corrected chi connectivity index (χ4v) is 3.33. The first kappa shape index (κ1) is 11.6. The van der Waals surface area contributed by atoms with Crippen molar-refractivity contribution in [1.82, 2.24) is 15.2 Å². The molecule has 0 amide bonds. The van der Waals surface area contributed by atoms with E-state index in [1.54, 1.807) is 11.3 Å². The summed E-state index contributed by atoms with van der Waals surface area (Å²) < 4.78 is 0. The number of nitrogens with one attached hydrogen (secondary N) is 1. The lowest BCUT2D eigenvalue weighted by Gasteiger charge is -2.22. The number of likely N-dealkylation sites (tertiary alicyclic amines) is 1. The summed E-state index contributed by atoms with van der Waals surface area (Å²) in [6, 6.07) is 1.35. The molecule has 3 rings (SSSR count). The Morgan fingerprint density at radius 3 is 3.12 bits per heavy atom. The van der Waals surface area contributed by atoms with Crippen molar-refractivity contribution < 1.29 is 0 Å². The van der Waals surface area contributed by atoms with Gasteiger partial charge in [0.15, 0.2) is 0 Å². The molecule has 1 saturated heterocycles. The van der Waals surface area contributed by atoms with Crippen LogP contribution >= 0.6 is 11.3 Å². The van der Waals surface area contributed by atoms with Gasteiger partial charge in [0.25, 0.3) is 0 Å². The molecule has 0 aromatic carbocycles. The van der Waals surface area contributed by atoms with E-state index in [2.05, 4.69) is 27.5 Å². The van der Waals surface area contributed by atoms with Gasteiger partial charge in [0.05, 0.1) is 6.04 Å². The molecular weight excluding hydrogens is 230 g/mol. The van der Waals surface area contributed by atoms with Gasteiger partial charge in [-0.2, -0.15) is 0 Å². The topological polar surface area (TPSA) is 28.2 Å². The summed E-state index contributed by atoms with van der Waals surface area (Å²) in [5.41, 5.74) is 0. The van der Waals surface area contributed by atoms with Gasteiger partial charge < -0.3 is 5.32 Å². The van der Waals surface area contributed by atoms with Gasteiger partial charge in [-0.25, -0.2) is 4.98 Å². The van der Waals surface area contributed by atoms with Gasteiger partial charge in [-0.15, -0.1) is 11.3 Å². The van der Waals surface area contributed by atoms with E-state index >= 15 is 0 Å². The second-order valence-corrected chi connectivity index (χ2v) is 6.30. The van der Waals surface area contributed by atoms with Crippen molar-refractivity contribution >= 4 is 11.3 Å². The molecule has 1 N–H and O–H groups in total. The predicted octanol–water partition coefficient (Wildman–Crippen LogP) is 2.28. The Bertz CT molecular complexity index is 348. The number of rotatable bonds is 5. The average Bonchev–Trinajstić information content (AvgIpc) is 2.86. The molecule has 1 aliphatic heterocycles. The van der Waals surface area contributed by atoms with Gasteiger partial charge in [0, 0.05) is 24.2 Å². The molecule has 2 aliphatic rings. The van der Waals surface area contributed by atoms with E-state index in [1.807, 2.05) is 6.20 Å². The Morgan fingerprint density at radius 2 is 2.41 bits per heavy atom. The van der Waals surface area contributed by atoms with Crippen LogP contribution in [0.5, 0.6) is 0 Å². The first-order chi connectivity index (χ1) is 8.33. The summed E-state index contributed by atoms with van der Waals surface area (Å²) in [4.78, 5) is 7.01. The molecular formula is C13H21N3S. The van der Waals surface area contributed by atoms with Crippen LogP contribution in [0.15, 0.2) is 11.6 Å². The molecule has 1 aromatic heterocycles. The molecule has 4 heteroatoms. The third-order valence-electron chi connectivity index (χ3n) is 3.95. The summed E-state index contributed by atoms with van der Waals surface area (Å²) >= 11 is 1.78. The molecule has 3 nitrogen and oxygen atoms in total. The van der Waals surface area contributed by atoms with Crippen LogP contribution in [0.3, 0.4) is 0 Å². The molecule has 94 valence electrons. The molecule has 1 aromatic rings. The minimum Gasteiger partial charge on any atom is -0.314 e. The number of nitrogens with zero attached hydrogens (tertiary/aromatic N) is 2. The van der Waals surface area contributed by atoms with Crippen LogP contribution in [0, 0.1) is 5.92 Å². The smallest absolute Gasteiger partial charge is 0.109 e. The fourth-order valence-electron chi connectivity index (χ4n) is 2.60. The van der Waals surface area contributed by atoms with Crippen molar-refractivity contribution in [2.75, 3.05) is 19.6 Å². The van der Waals surface area contributed by atoms with Gasteiger partial charge in [-0.1, -0.05) is 0 Å². The van der Waals surface area contributed by atoms with Crippen molar-refractivity contribution in [1.29, 1.82) is 0 Å². The highest BCUT2D eigenvalue weighted by Crippen LogP contribution is 2.28. The van der Waals surface area contributed by atoms with Crippen LogP contribution in [0.1, 0.15) is 37.2 Å². The Hall–Kier alpha value is -0.450. The predicted molar refractivity (Wildman–Crippen MR) is 71.2 cm³/mol. The van der Waals surface area contributed by atoms with Crippen molar-refractivity contribution in [2.24, 2.45) is 5.92 Å². The number of aromatic nitrogens is 1. The van der Waals surface area contributed by atoms with E-state index in [0.717, 1.165) is 12.0 Å². The van der Waals surface area contributed by atoms with Gasteiger partial charge >= 0.3 is 0 Å². The Balaban J connectivity index is 1.49. The number of thiazole rings is 1. The highest BCUT2D eigenvalue weighted by molar-refractivity contribution is 7.09. The van der Waals surface area contributed by atoms with Crippen molar-refractivity contribution in [2.45, 2.75) is 38.3 Å². The minimum absolute atomic E-state index is 0.501. The van der Waals surface area contributed by atoms with E-state index in [9.17, 15) is 0 Å². The van der Waals surface area contributed by atoms with E-state index in [-0.39, 0.29) is 0 Å². The first-order valence-corrected chi connectivity index (χ1v) is 7.57. The molecule has 0 radical (unpaired) electrons. The van der Waals surface area contributed by atoms with Crippen LogP contribution < -0.4 is 5.32 Å². The van der Waals surface area contributed by atoms with Gasteiger partial charge in [-0.05, 0) is 45.2 Å². The summed E-state index contributed by atoms with van der Waals surface area (Å²) in [6.45, 7) is 5.97. The van der Waals surface area contributed by atoms with Crippen LogP contribution in [0.2, 0.25) is 0 Å². The maximum atomic E-state index is 4.43. The largest absolute Gasteiger partial charge is 0.314 e. The molecule has 2 atom stereocenters. The van der Waals surface area contributed by atoms with Gasteiger partial charge in [0.2, 0.25) is 0 Å². The summed E-state index contributed by atoms with van der Waals surface area (Å²) in [6.07, 6.45) is 6.05. The lowest BCUT2D eigenvalue weighted by molar-refractivity contribution is 0.251. The van der Waals surface area contributed by atoms with E-state index in [1.165, 1.54) is 43.9 Å². The number of hydrogen-bond acceptors (Lipinski definition) is 4. The molecule has 0 bridgehead atoms. The molecule has 17 heavy (non-hydrogen) atoms. The van der Waals surface area contributed by atoms with Crippen molar-refractivity contribution in [3.8, 4) is 0 Å². The Labute approximate surface area is 107 Å². The lowest BCUT2D eigenvalue weighted by atomic mass is 10.1. The summed E-state index contributed by atoms with van der Waals surface area (Å²) in [5.74, 6) is 0.845. The minimum atomic E-state index is 0.501. The monoisotopic (exact) mass is 251 g/mol. The van der Waals surface area contributed by atoms with E-state index in [4.69, 9.17) is 0 Å². The van der Waals surface area contributed by atoms with Crippen LogP contribution in [0.4, 0.5) is 0 Å². The number of hydrogen-bond donors (Lipinski definition) is 1. The highest BCUT2D eigenvalue weighted by atomic mass is 32.1. The zero-order valence-electron chi connectivity index (χ0n) is 10.4.